The average Bonchev–Trinajstić information content (AvgIpc) is 3.51. The standard InChI is InChI=1S/C29H26FN7O2/c30-21-3-1-5-24(14-21)39-23-10-8-19(9-11-23)26-25-27(32)33-17-34-28(25)37(35-26)16-22-4-2-12-36(22)29(38)20(15-31)13-18-6-7-18/h1,3,5,8-11,13-14,17-18,22H,2,4,6-7,12,16H2,(H2,32,33,34)/b20-13-/t22-/m1/s1. The van der Waals surface area contributed by atoms with Crippen molar-refractivity contribution < 1.29 is 13.9 Å². The Bertz CT molecular complexity index is 1620. The van der Waals surface area contributed by atoms with Gasteiger partial charge in [0, 0.05) is 18.2 Å². The van der Waals surface area contributed by atoms with Crippen LogP contribution in [0.3, 0.4) is 0 Å². The molecule has 1 saturated carbocycles. The first-order valence-electron chi connectivity index (χ1n) is 12.9. The maximum atomic E-state index is 13.5. The summed E-state index contributed by atoms with van der Waals surface area (Å²) < 4.78 is 21.1. The first kappa shape index (κ1) is 24.6. The van der Waals surface area contributed by atoms with E-state index in [2.05, 4.69) is 16.0 Å². The van der Waals surface area contributed by atoms with Gasteiger partial charge in [-0.05, 0) is 68.0 Å². The Kier molecular flexibility index (Phi) is 6.40. The molecule has 10 heteroatoms. The van der Waals surface area contributed by atoms with E-state index in [1.165, 1.54) is 18.5 Å². The number of hydrogen-bond donors (Lipinski definition) is 1. The summed E-state index contributed by atoms with van der Waals surface area (Å²) in [5.74, 6) is 1.00. The summed E-state index contributed by atoms with van der Waals surface area (Å²) >= 11 is 0. The van der Waals surface area contributed by atoms with Gasteiger partial charge in [-0.15, -0.1) is 0 Å². The van der Waals surface area contributed by atoms with E-state index in [1.807, 2.05) is 18.2 Å². The summed E-state index contributed by atoms with van der Waals surface area (Å²) in [6, 6.07) is 15.2. The van der Waals surface area contributed by atoms with Crippen LogP contribution in [0.25, 0.3) is 22.3 Å². The second-order valence-electron chi connectivity index (χ2n) is 9.90. The van der Waals surface area contributed by atoms with Gasteiger partial charge in [0.2, 0.25) is 0 Å². The van der Waals surface area contributed by atoms with Gasteiger partial charge in [0.1, 0.15) is 46.8 Å². The monoisotopic (exact) mass is 523 g/mol. The van der Waals surface area contributed by atoms with Crippen LogP contribution in [0, 0.1) is 23.1 Å². The molecule has 6 rings (SSSR count). The van der Waals surface area contributed by atoms with Crippen LogP contribution >= 0.6 is 0 Å². The Labute approximate surface area is 224 Å². The van der Waals surface area contributed by atoms with Crippen LogP contribution in [-0.4, -0.2) is 43.1 Å². The van der Waals surface area contributed by atoms with Crippen molar-refractivity contribution in [3.05, 3.63) is 72.3 Å². The molecule has 1 atom stereocenters. The van der Waals surface area contributed by atoms with Gasteiger partial charge < -0.3 is 15.4 Å². The molecular weight excluding hydrogens is 497 g/mol. The number of amides is 1. The number of anilines is 1. The van der Waals surface area contributed by atoms with E-state index in [1.54, 1.807) is 33.8 Å². The number of rotatable bonds is 7. The molecule has 2 aromatic heterocycles. The Morgan fingerprint density at radius 3 is 2.72 bits per heavy atom. The zero-order valence-electron chi connectivity index (χ0n) is 21.1. The molecule has 2 N–H and O–H groups in total. The summed E-state index contributed by atoms with van der Waals surface area (Å²) in [6.45, 7) is 1.02. The quantitative estimate of drug-likeness (QED) is 0.271. The van der Waals surface area contributed by atoms with E-state index in [9.17, 15) is 14.4 Å². The predicted octanol–water partition coefficient (Wildman–Crippen LogP) is 4.86. The van der Waals surface area contributed by atoms with Crippen LogP contribution in [0.4, 0.5) is 10.2 Å². The molecule has 2 aromatic carbocycles. The molecule has 1 aliphatic heterocycles. The summed E-state index contributed by atoms with van der Waals surface area (Å²) in [5, 5.41) is 15.1. The Balaban J connectivity index is 1.28. The van der Waals surface area contributed by atoms with Crippen molar-refractivity contribution in [2.24, 2.45) is 5.92 Å². The maximum absolute atomic E-state index is 13.5. The smallest absolute Gasteiger partial charge is 0.264 e. The second-order valence-corrected chi connectivity index (χ2v) is 9.90. The number of nitrogens with two attached hydrogens (primary N) is 1. The first-order chi connectivity index (χ1) is 19.0. The molecule has 1 saturated heterocycles. The van der Waals surface area contributed by atoms with Gasteiger partial charge in [-0.1, -0.05) is 12.1 Å². The van der Waals surface area contributed by atoms with Crippen LogP contribution in [0.15, 0.2) is 66.5 Å². The lowest BCUT2D eigenvalue weighted by atomic mass is 10.1. The van der Waals surface area contributed by atoms with E-state index in [-0.39, 0.29) is 23.3 Å². The van der Waals surface area contributed by atoms with Crippen LogP contribution in [0.1, 0.15) is 25.7 Å². The number of nitriles is 1. The first-order valence-corrected chi connectivity index (χ1v) is 12.9. The van der Waals surface area contributed by atoms with Gasteiger partial charge in [-0.3, -0.25) is 4.79 Å². The van der Waals surface area contributed by atoms with Gasteiger partial charge in [-0.2, -0.15) is 10.4 Å². The van der Waals surface area contributed by atoms with Crippen molar-refractivity contribution in [2.45, 2.75) is 38.3 Å². The maximum Gasteiger partial charge on any atom is 0.264 e. The van der Waals surface area contributed by atoms with Crippen LogP contribution in [0.2, 0.25) is 0 Å². The lowest BCUT2D eigenvalue weighted by Crippen LogP contribution is -2.39. The lowest BCUT2D eigenvalue weighted by molar-refractivity contribution is -0.127. The molecule has 2 fully saturated rings. The number of benzene rings is 2. The third-order valence-corrected chi connectivity index (χ3v) is 7.12. The van der Waals surface area contributed by atoms with E-state index in [0.717, 1.165) is 31.2 Å². The number of nitrogens with zero attached hydrogens (tertiary/aromatic N) is 6. The molecule has 3 heterocycles. The third kappa shape index (κ3) is 5.03. The van der Waals surface area contributed by atoms with E-state index >= 15 is 0 Å². The number of carbonyl (C=O) groups excluding carboxylic acids is 1. The summed E-state index contributed by atoms with van der Waals surface area (Å²) in [6.07, 6.45) is 6.94. The van der Waals surface area contributed by atoms with Crippen molar-refractivity contribution in [3.8, 4) is 28.8 Å². The highest BCUT2D eigenvalue weighted by atomic mass is 19.1. The molecule has 0 unspecified atom stereocenters. The third-order valence-electron chi connectivity index (χ3n) is 7.12. The van der Waals surface area contributed by atoms with Gasteiger partial charge in [0.15, 0.2) is 5.65 Å². The second kappa shape index (κ2) is 10.2. The van der Waals surface area contributed by atoms with Crippen LogP contribution in [-0.2, 0) is 11.3 Å². The average molecular weight is 524 g/mol. The van der Waals surface area contributed by atoms with Crippen molar-refractivity contribution in [3.63, 3.8) is 0 Å². The molecule has 39 heavy (non-hydrogen) atoms. The van der Waals surface area contributed by atoms with Crippen molar-refractivity contribution in [2.75, 3.05) is 12.3 Å². The number of fused-ring (bicyclic) bond motifs is 1. The van der Waals surface area contributed by atoms with Crippen LogP contribution < -0.4 is 10.5 Å². The van der Waals surface area contributed by atoms with Gasteiger partial charge in [0.05, 0.1) is 18.0 Å². The highest BCUT2D eigenvalue weighted by molar-refractivity contribution is 5.99. The lowest BCUT2D eigenvalue weighted by Gasteiger charge is -2.24. The predicted molar refractivity (Wildman–Crippen MR) is 143 cm³/mol. The fourth-order valence-corrected chi connectivity index (χ4v) is 5.01. The van der Waals surface area contributed by atoms with Crippen LogP contribution in [0.5, 0.6) is 11.5 Å². The number of hydrogen-bond acceptors (Lipinski definition) is 7. The summed E-state index contributed by atoms with van der Waals surface area (Å²) in [7, 11) is 0. The molecular formula is C29H26FN7O2. The molecule has 1 aliphatic carbocycles. The molecule has 196 valence electrons. The molecule has 2 aliphatic rings. The van der Waals surface area contributed by atoms with E-state index in [4.69, 9.17) is 15.6 Å². The highest BCUT2D eigenvalue weighted by Gasteiger charge is 2.33. The van der Waals surface area contributed by atoms with Gasteiger partial charge in [0.25, 0.3) is 5.91 Å². The van der Waals surface area contributed by atoms with E-state index in [0.29, 0.717) is 53.1 Å². The zero-order valence-corrected chi connectivity index (χ0v) is 21.1. The number of likely N-dealkylation sites (tertiary alicyclic amines) is 1. The topological polar surface area (TPSA) is 123 Å². The number of halogens is 1. The fourth-order valence-electron chi connectivity index (χ4n) is 5.01. The minimum Gasteiger partial charge on any atom is -0.457 e. The number of aromatic nitrogens is 4. The number of allylic oxidation sites excluding steroid dienone is 1. The molecule has 0 bridgehead atoms. The summed E-state index contributed by atoms with van der Waals surface area (Å²) in [4.78, 5) is 23.6. The van der Waals surface area contributed by atoms with Crippen molar-refractivity contribution in [1.82, 2.24) is 24.6 Å². The van der Waals surface area contributed by atoms with Gasteiger partial charge >= 0.3 is 0 Å². The number of nitrogen functional groups attached to an aromatic ring is 1. The fraction of sp³-hybridized carbons (Fsp3) is 0.276. The van der Waals surface area contributed by atoms with Crippen molar-refractivity contribution in [1.29, 1.82) is 5.26 Å². The normalized spacial score (nSPS) is 17.4. The molecule has 4 aromatic rings. The number of ether oxygens (including phenoxy) is 1. The number of carbonyl (C=O) groups is 1. The largest absolute Gasteiger partial charge is 0.457 e. The zero-order chi connectivity index (χ0) is 26.9. The SMILES string of the molecule is N#C/C(=C/C1CC1)C(=O)N1CCC[C@@H]1Cn1nc(-c2ccc(Oc3cccc(F)c3)cc2)c2c(N)ncnc21. The Morgan fingerprint density at radius 1 is 1.15 bits per heavy atom. The molecule has 9 nitrogen and oxygen atoms in total. The molecule has 0 spiro atoms. The highest BCUT2D eigenvalue weighted by Crippen LogP contribution is 2.34. The Morgan fingerprint density at radius 2 is 1.97 bits per heavy atom. The van der Waals surface area contributed by atoms with E-state index < -0.39 is 0 Å². The van der Waals surface area contributed by atoms with Crippen molar-refractivity contribution >= 4 is 22.8 Å². The minimum absolute atomic E-state index is 0.123. The molecule has 1 amide bonds. The summed E-state index contributed by atoms with van der Waals surface area (Å²) in [5.41, 5.74) is 8.47. The van der Waals surface area contributed by atoms with Gasteiger partial charge in [-0.25, -0.2) is 19.0 Å². The molecule has 0 radical (unpaired) electrons. The minimum atomic E-state index is -0.373. The Hall–Kier alpha value is -4.78.